The Morgan fingerprint density at radius 3 is 0.242 bits per heavy atom. The van der Waals surface area contributed by atoms with E-state index >= 15 is 0 Å². The summed E-state index contributed by atoms with van der Waals surface area (Å²) in [4.78, 5) is 0. The first-order valence-corrected chi connectivity index (χ1v) is 8.52. The molecule has 0 aliphatic heterocycles. The molecule has 0 heterocycles. The molecular weight excluding hydrogens is 553 g/mol. The van der Waals surface area contributed by atoms with E-state index in [1.54, 1.807) is 104 Å². The summed E-state index contributed by atoms with van der Waals surface area (Å²) in [7, 11) is 0. The van der Waals surface area contributed by atoms with Gasteiger partial charge in [0.1, 0.15) is 0 Å². The van der Waals surface area contributed by atoms with Crippen LogP contribution in [0.1, 0.15) is 104 Å². The molecule has 0 aromatic rings. The zero-order chi connectivity index (χ0) is 22.5. The Bertz CT molecular complexity index is 189. The molecule has 0 bridgehead atoms. The number of rotatable bonds is 0. The first-order chi connectivity index (χ1) is 10.0. The molecule has 0 saturated heterocycles. The van der Waals surface area contributed by atoms with Crippen LogP contribution in [0.3, 0.4) is 0 Å². The van der Waals surface area contributed by atoms with E-state index in [1.165, 1.54) is 0 Å². The van der Waals surface area contributed by atoms with Gasteiger partial charge in [-0.1, -0.05) is 104 Å². The van der Waals surface area contributed by atoms with Gasteiger partial charge >= 0.3 is 55.7 Å². The Morgan fingerprint density at radius 1 is 0.242 bits per heavy atom. The van der Waals surface area contributed by atoms with Crippen molar-refractivity contribution in [3.63, 3.8) is 0 Å². The van der Waals surface area contributed by atoms with Gasteiger partial charge in [0.25, 0.3) is 0 Å². The average molecular weight is 598 g/mol. The van der Waals surface area contributed by atoms with Crippen molar-refractivity contribution in [2.45, 2.75) is 132 Å². The fourth-order valence-corrected chi connectivity index (χ4v) is 0. The van der Waals surface area contributed by atoms with E-state index in [0.717, 1.165) is 0 Å². The third-order valence-corrected chi connectivity index (χ3v) is 0. The quantitative estimate of drug-likeness (QED) is 0.375. The predicted molar refractivity (Wildman–Crippen MR) is 102 cm³/mol. The third-order valence-electron chi connectivity index (χ3n) is 0. The van der Waals surface area contributed by atoms with Crippen molar-refractivity contribution < 1.29 is 109 Å². The van der Waals surface area contributed by atoms with Gasteiger partial charge in [0.15, 0.2) is 0 Å². The molecule has 0 rings (SSSR count). The van der Waals surface area contributed by atoms with E-state index in [9.17, 15) is 25.5 Å². The molecule has 0 aliphatic rings. The van der Waals surface area contributed by atoms with E-state index in [1.807, 2.05) is 0 Å². The van der Waals surface area contributed by atoms with Gasteiger partial charge in [-0.25, -0.2) is 0 Å². The molecule has 13 heteroatoms. The summed E-state index contributed by atoms with van der Waals surface area (Å²) >= 11 is 0. The number of hydrogen-bond donors (Lipinski definition) is 0. The minimum Gasteiger partial charge on any atom is -2.00 e. The van der Waals surface area contributed by atoms with Crippen LogP contribution in [0.15, 0.2) is 0 Å². The van der Waals surface area contributed by atoms with Gasteiger partial charge in [0.2, 0.25) is 0 Å². The van der Waals surface area contributed by atoms with Crippen LogP contribution in [0.5, 0.6) is 0 Å². The molecule has 0 aliphatic carbocycles. The maximum Gasteiger partial charge on any atom is 5.00 e. The summed E-state index contributed by atoms with van der Waals surface area (Å²) in [5.41, 5.74) is -3.75. The summed E-state index contributed by atoms with van der Waals surface area (Å²) in [6, 6.07) is 0. The predicted octanol–water partition coefficient (Wildman–Crippen LogP) is 0.125. The second-order valence-corrected chi connectivity index (χ2v) is 10.6. The van der Waals surface area contributed by atoms with Gasteiger partial charge in [-0.3, -0.25) is 0 Å². The zero-order valence-electron chi connectivity index (χ0n) is 22.9. The molecular formula is C20H45O10V3. The van der Waals surface area contributed by atoms with E-state index in [0.29, 0.717) is 0 Å². The van der Waals surface area contributed by atoms with Crippen LogP contribution in [0.2, 0.25) is 0 Å². The Morgan fingerprint density at radius 2 is 0.242 bits per heavy atom. The fourth-order valence-electron chi connectivity index (χ4n) is 0. The fraction of sp³-hybridized carbons (Fsp3) is 1.00. The van der Waals surface area contributed by atoms with Crippen molar-refractivity contribution in [1.29, 1.82) is 0 Å². The maximum atomic E-state index is 10.1. The summed E-state index contributed by atoms with van der Waals surface area (Å²) in [5, 5.41) is 50.5. The molecule has 0 spiro atoms. The summed E-state index contributed by atoms with van der Waals surface area (Å²) in [6.07, 6.45) is 0. The third kappa shape index (κ3) is 17900. The second-order valence-electron chi connectivity index (χ2n) is 10.6. The molecule has 0 fully saturated rings. The maximum absolute atomic E-state index is 10.1. The second kappa shape index (κ2) is 35.5. The summed E-state index contributed by atoms with van der Waals surface area (Å²) in [5.74, 6) is 0. The summed E-state index contributed by atoms with van der Waals surface area (Å²) < 4.78 is 0. The van der Waals surface area contributed by atoms with Crippen LogP contribution < -0.4 is 25.5 Å². The van der Waals surface area contributed by atoms with Crippen molar-refractivity contribution in [2.24, 2.45) is 0 Å². The van der Waals surface area contributed by atoms with Crippen molar-refractivity contribution in [3.05, 3.63) is 0 Å². The Kier molecular flexibility index (Phi) is 90.2. The average Bonchev–Trinajstić information content (AvgIpc) is 1.79. The van der Waals surface area contributed by atoms with Crippen molar-refractivity contribution >= 4 is 0 Å². The largest absolute Gasteiger partial charge is 5.00 e. The van der Waals surface area contributed by atoms with Crippen molar-refractivity contribution in [3.8, 4) is 0 Å². The SMILES string of the molecule is CC(C)(C)[O-].CC(C)(C)[O-].CC(C)(C)[O-].CC(C)(C)[O-].CC(C)(C)[O-].[O-2].[O-2].[O-2].[O-2].[O-2].[V+5].[V+5].[V+5]. The van der Waals surface area contributed by atoms with Gasteiger partial charge < -0.3 is 52.9 Å². The topological polar surface area (TPSA) is 258 Å². The van der Waals surface area contributed by atoms with Gasteiger partial charge in [-0.15, -0.1) is 28.0 Å². The van der Waals surface area contributed by atoms with E-state index < -0.39 is 28.0 Å². The normalized spacial score (nSPS) is 9.09. The first-order valence-electron chi connectivity index (χ1n) is 8.52. The van der Waals surface area contributed by atoms with Gasteiger partial charge in [0.05, 0.1) is 0 Å². The Hall–Kier alpha value is 1.35. The summed E-state index contributed by atoms with van der Waals surface area (Å²) in [6.45, 7) is 24.5. The van der Waals surface area contributed by atoms with E-state index in [4.69, 9.17) is 0 Å². The van der Waals surface area contributed by atoms with Crippen LogP contribution >= 0.6 is 0 Å². The standard InChI is InChI=1S/5C4H9O.5O.3V/c5*1-4(2,3)5;;;;;;;;/h5*1-3H3;;;;;;;;/q5*-1;5*-2;3*+5. The molecule has 200 valence electrons. The zero-order valence-corrected chi connectivity index (χ0v) is 27.1. The minimum absolute atomic E-state index is 0. The van der Waals surface area contributed by atoms with Crippen LogP contribution in [-0.2, 0) is 83.0 Å². The molecule has 0 amide bonds. The van der Waals surface area contributed by atoms with Crippen LogP contribution in [0.25, 0.3) is 0 Å². The van der Waals surface area contributed by atoms with Gasteiger partial charge in [0, 0.05) is 0 Å². The smallest absolute Gasteiger partial charge is 2.00 e. The molecule has 0 unspecified atom stereocenters. The number of hydrogen-bond acceptors (Lipinski definition) is 5. The van der Waals surface area contributed by atoms with Gasteiger partial charge in [-0.05, 0) is 0 Å². The van der Waals surface area contributed by atoms with Crippen LogP contribution in [0, 0.1) is 0 Å². The van der Waals surface area contributed by atoms with Crippen LogP contribution in [-0.4, -0.2) is 28.0 Å². The monoisotopic (exact) mass is 598 g/mol. The molecule has 0 N–H and O–H groups in total. The first kappa shape index (κ1) is 83.8. The molecule has 0 aromatic carbocycles. The van der Waals surface area contributed by atoms with E-state index in [2.05, 4.69) is 0 Å². The molecule has 0 radical (unpaired) electrons. The van der Waals surface area contributed by atoms with Crippen LogP contribution in [0.4, 0.5) is 0 Å². The molecule has 0 atom stereocenters. The molecule has 0 aromatic heterocycles. The van der Waals surface area contributed by atoms with Crippen molar-refractivity contribution in [2.75, 3.05) is 0 Å². The Balaban J connectivity index is -0.0000000130. The van der Waals surface area contributed by atoms with Gasteiger partial charge in [-0.2, -0.15) is 0 Å². The molecule has 10 nitrogen and oxygen atoms in total. The minimum atomic E-state index is -0.750. The molecule has 0 saturated carbocycles. The van der Waals surface area contributed by atoms with E-state index in [-0.39, 0.29) is 83.0 Å². The molecule has 33 heavy (non-hydrogen) atoms. The van der Waals surface area contributed by atoms with Crippen molar-refractivity contribution in [1.82, 2.24) is 0 Å². The Labute approximate surface area is 239 Å².